The van der Waals surface area contributed by atoms with Crippen LogP contribution in [0.5, 0.6) is 0 Å². The average Bonchev–Trinajstić information content (AvgIpc) is 2.36. The molecule has 0 fully saturated rings. The number of carbonyl (C=O) groups excluding carboxylic acids is 1. The van der Waals surface area contributed by atoms with Gasteiger partial charge < -0.3 is 10.0 Å². The molecule has 0 unspecified atom stereocenters. The zero-order valence-corrected chi connectivity index (χ0v) is 12.9. The lowest BCUT2D eigenvalue weighted by Crippen LogP contribution is -2.36. The number of benzene rings is 1. The number of hydrogen-bond acceptors (Lipinski definition) is 2. The number of amides is 1. The topological polar surface area (TPSA) is 57.6 Å². The second-order valence-electron chi connectivity index (χ2n) is 4.76. The lowest BCUT2D eigenvalue weighted by atomic mass is 10.1. The van der Waals surface area contributed by atoms with Crippen molar-refractivity contribution in [1.82, 2.24) is 4.90 Å². The van der Waals surface area contributed by atoms with Crippen LogP contribution in [0.15, 0.2) is 18.2 Å². The standard InChI is InChI=1S/C14H17Cl2NO3/c1-9(2)17(13(18)5-6-14(19)20)8-10-3-4-11(15)12(16)7-10/h3-4,7,9H,5-6,8H2,1-2H3,(H,19,20). The Morgan fingerprint density at radius 2 is 1.85 bits per heavy atom. The smallest absolute Gasteiger partial charge is 0.303 e. The lowest BCUT2D eigenvalue weighted by Gasteiger charge is -2.27. The minimum Gasteiger partial charge on any atom is -0.481 e. The molecule has 0 atom stereocenters. The van der Waals surface area contributed by atoms with E-state index in [0.717, 1.165) is 5.56 Å². The van der Waals surface area contributed by atoms with Crippen molar-refractivity contribution in [3.8, 4) is 0 Å². The summed E-state index contributed by atoms with van der Waals surface area (Å²) < 4.78 is 0. The Balaban J connectivity index is 2.78. The molecule has 1 amide bonds. The Morgan fingerprint density at radius 1 is 1.20 bits per heavy atom. The highest BCUT2D eigenvalue weighted by Gasteiger charge is 2.18. The first kappa shape index (κ1) is 16.8. The maximum Gasteiger partial charge on any atom is 0.303 e. The average molecular weight is 318 g/mol. The molecular formula is C14H17Cl2NO3. The molecule has 6 heteroatoms. The molecule has 1 rings (SSSR count). The number of nitrogens with zero attached hydrogens (tertiary/aromatic N) is 1. The van der Waals surface area contributed by atoms with Crippen molar-refractivity contribution in [3.05, 3.63) is 33.8 Å². The Morgan fingerprint density at radius 3 is 2.35 bits per heavy atom. The van der Waals surface area contributed by atoms with Crippen molar-refractivity contribution in [2.45, 2.75) is 39.3 Å². The molecule has 0 radical (unpaired) electrons. The molecule has 1 aromatic rings. The molecule has 4 nitrogen and oxygen atoms in total. The number of carbonyl (C=O) groups is 2. The highest BCUT2D eigenvalue weighted by Crippen LogP contribution is 2.23. The van der Waals surface area contributed by atoms with E-state index in [9.17, 15) is 9.59 Å². The first-order valence-corrected chi connectivity index (χ1v) is 7.02. The number of hydrogen-bond donors (Lipinski definition) is 1. The fourth-order valence-electron chi connectivity index (χ4n) is 1.75. The number of aliphatic carboxylic acids is 1. The molecule has 0 saturated heterocycles. The van der Waals surface area contributed by atoms with Crippen LogP contribution in [0.2, 0.25) is 10.0 Å². The summed E-state index contributed by atoms with van der Waals surface area (Å²) >= 11 is 11.8. The van der Waals surface area contributed by atoms with Crippen molar-refractivity contribution < 1.29 is 14.7 Å². The fourth-order valence-corrected chi connectivity index (χ4v) is 2.07. The molecule has 0 heterocycles. The van der Waals surface area contributed by atoms with Gasteiger partial charge in [0.1, 0.15) is 0 Å². The van der Waals surface area contributed by atoms with Gasteiger partial charge in [-0.05, 0) is 31.5 Å². The van der Waals surface area contributed by atoms with E-state index in [1.165, 1.54) is 0 Å². The number of carboxylic acid groups (broad SMARTS) is 1. The highest BCUT2D eigenvalue weighted by molar-refractivity contribution is 6.42. The summed E-state index contributed by atoms with van der Waals surface area (Å²) in [6.45, 7) is 4.15. The second kappa shape index (κ2) is 7.50. The monoisotopic (exact) mass is 317 g/mol. The van der Waals surface area contributed by atoms with Gasteiger partial charge in [0.2, 0.25) is 5.91 Å². The third kappa shape index (κ3) is 5.02. The minimum atomic E-state index is -0.975. The van der Waals surface area contributed by atoms with E-state index < -0.39 is 5.97 Å². The van der Waals surface area contributed by atoms with Gasteiger partial charge in [-0.2, -0.15) is 0 Å². The van der Waals surface area contributed by atoms with E-state index in [4.69, 9.17) is 28.3 Å². The summed E-state index contributed by atoms with van der Waals surface area (Å²) in [5, 5.41) is 9.53. The summed E-state index contributed by atoms with van der Waals surface area (Å²) in [6.07, 6.45) is -0.168. The van der Waals surface area contributed by atoms with Gasteiger partial charge in [0.25, 0.3) is 0 Å². The molecule has 0 aliphatic heterocycles. The van der Waals surface area contributed by atoms with Crippen LogP contribution in [0.25, 0.3) is 0 Å². The van der Waals surface area contributed by atoms with Crippen molar-refractivity contribution in [1.29, 1.82) is 0 Å². The van der Waals surface area contributed by atoms with Crippen molar-refractivity contribution >= 4 is 35.1 Å². The molecule has 0 saturated carbocycles. The maximum atomic E-state index is 12.0. The van der Waals surface area contributed by atoms with Gasteiger partial charge in [0, 0.05) is 19.0 Å². The van der Waals surface area contributed by atoms with Gasteiger partial charge in [-0.1, -0.05) is 29.3 Å². The van der Waals surface area contributed by atoms with Crippen LogP contribution in [-0.2, 0) is 16.1 Å². The molecule has 1 aromatic carbocycles. The first-order chi connectivity index (χ1) is 9.31. The normalized spacial score (nSPS) is 10.7. The summed E-state index contributed by atoms with van der Waals surface area (Å²) in [6, 6.07) is 5.17. The van der Waals surface area contributed by atoms with Gasteiger partial charge in [0.05, 0.1) is 16.5 Å². The zero-order valence-electron chi connectivity index (χ0n) is 11.4. The second-order valence-corrected chi connectivity index (χ2v) is 5.57. The van der Waals surface area contributed by atoms with Crippen LogP contribution in [0, 0.1) is 0 Å². The molecule has 1 N–H and O–H groups in total. The van der Waals surface area contributed by atoms with E-state index >= 15 is 0 Å². The Hall–Kier alpha value is -1.26. The van der Waals surface area contributed by atoms with E-state index in [1.807, 2.05) is 13.8 Å². The highest BCUT2D eigenvalue weighted by atomic mass is 35.5. The van der Waals surface area contributed by atoms with Crippen LogP contribution >= 0.6 is 23.2 Å². The summed E-state index contributed by atoms with van der Waals surface area (Å²) in [7, 11) is 0. The maximum absolute atomic E-state index is 12.0. The van der Waals surface area contributed by atoms with Gasteiger partial charge >= 0.3 is 5.97 Å². The van der Waals surface area contributed by atoms with Crippen LogP contribution < -0.4 is 0 Å². The van der Waals surface area contributed by atoms with Crippen molar-refractivity contribution in [2.75, 3.05) is 0 Å². The first-order valence-electron chi connectivity index (χ1n) is 6.26. The van der Waals surface area contributed by atoms with E-state index in [1.54, 1.807) is 23.1 Å². The third-order valence-electron chi connectivity index (χ3n) is 2.83. The van der Waals surface area contributed by atoms with Gasteiger partial charge in [-0.25, -0.2) is 0 Å². The molecule has 110 valence electrons. The molecule has 0 aliphatic rings. The molecule has 0 spiro atoms. The zero-order chi connectivity index (χ0) is 15.3. The van der Waals surface area contributed by atoms with Crippen LogP contribution in [0.3, 0.4) is 0 Å². The number of rotatable bonds is 6. The van der Waals surface area contributed by atoms with Crippen LogP contribution in [0.4, 0.5) is 0 Å². The number of halogens is 2. The molecule has 0 bridgehead atoms. The van der Waals surface area contributed by atoms with Crippen molar-refractivity contribution in [3.63, 3.8) is 0 Å². The molecule has 20 heavy (non-hydrogen) atoms. The molecule has 0 aromatic heterocycles. The SMILES string of the molecule is CC(C)N(Cc1ccc(Cl)c(Cl)c1)C(=O)CCC(=O)O. The Bertz CT molecular complexity index is 503. The van der Waals surface area contributed by atoms with E-state index in [-0.39, 0.29) is 24.8 Å². The van der Waals surface area contributed by atoms with Gasteiger partial charge in [0.15, 0.2) is 0 Å². The van der Waals surface area contributed by atoms with Crippen molar-refractivity contribution in [2.24, 2.45) is 0 Å². The van der Waals surface area contributed by atoms with Gasteiger partial charge in [-0.15, -0.1) is 0 Å². The Kier molecular flexibility index (Phi) is 6.30. The summed E-state index contributed by atoms with van der Waals surface area (Å²) in [5.41, 5.74) is 0.858. The summed E-state index contributed by atoms with van der Waals surface area (Å²) in [4.78, 5) is 24.2. The minimum absolute atomic E-state index is 0.00512. The van der Waals surface area contributed by atoms with E-state index in [2.05, 4.69) is 0 Å². The predicted octanol–water partition coefficient (Wildman–Crippen LogP) is 3.60. The quantitative estimate of drug-likeness (QED) is 0.872. The lowest BCUT2D eigenvalue weighted by molar-refractivity contribution is -0.141. The molecule has 0 aliphatic carbocycles. The van der Waals surface area contributed by atoms with E-state index in [0.29, 0.717) is 16.6 Å². The third-order valence-corrected chi connectivity index (χ3v) is 3.57. The number of carboxylic acids is 1. The Labute approximate surface area is 128 Å². The largest absolute Gasteiger partial charge is 0.481 e. The van der Waals surface area contributed by atoms with Gasteiger partial charge in [-0.3, -0.25) is 9.59 Å². The van der Waals surface area contributed by atoms with Crippen LogP contribution in [-0.4, -0.2) is 27.9 Å². The van der Waals surface area contributed by atoms with Crippen LogP contribution in [0.1, 0.15) is 32.3 Å². The fraction of sp³-hybridized carbons (Fsp3) is 0.429. The summed E-state index contributed by atoms with van der Waals surface area (Å²) in [5.74, 6) is -1.16. The predicted molar refractivity (Wildman–Crippen MR) is 79.0 cm³/mol. The molecular weight excluding hydrogens is 301 g/mol.